The van der Waals surface area contributed by atoms with E-state index in [1.54, 1.807) is 0 Å². The summed E-state index contributed by atoms with van der Waals surface area (Å²) in [6.07, 6.45) is 1.91. The van der Waals surface area contributed by atoms with Crippen molar-refractivity contribution in [2.45, 2.75) is 50.7 Å². The van der Waals surface area contributed by atoms with Crippen LogP contribution in [-0.2, 0) is 14.9 Å². The van der Waals surface area contributed by atoms with Gasteiger partial charge in [-0.05, 0) is 39.2 Å². The molecule has 0 spiro atoms. The summed E-state index contributed by atoms with van der Waals surface area (Å²) in [7, 11) is 0. The molecule has 1 aliphatic rings. The molecule has 1 saturated carbocycles. The molecule has 1 aliphatic carbocycles. The molecule has 0 heterocycles. The Kier molecular flexibility index (Phi) is 3.20. The molecular weight excluding hydrogens is 226 g/mol. The van der Waals surface area contributed by atoms with E-state index in [0.29, 0.717) is 0 Å². The predicted molar refractivity (Wildman–Crippen MR) is 71.2 cm³/mol. The fourth-order valence-electron chi connectivity index (χ4n) is 2.27. The van der Waals surface area contributed by atoms with Gasteiger partial charge in [-0.1, -0.05) is 30.3 Å². The standard InChI is InChI=1S/C15H21NO2/c1-14(2,3)18-13(17)12(16)15(9-10-15)11-7-5-4-6-8-11/h4-8,12H,9-10,16H2,1-3H3. The lowest BCUT2D eigenvalue weighted by Gasteiger charge is -2.27. The number of rotatable bonds is 3. The summed E-state index contributed by atoms with van der Waals surface area (Å²) in [5.41, 5.74) is 6.57. The van der Waals surface area contributed by atoms with Crippen molar-refractivity contribution < 1.29 is 9.53 Å². The van der Waals surface area contributed by atoms with Gasteiger partial charge in [-0.15, -0.1) is 0 Å². The van der Waals surface area contributed by atoms with Gasteiger partial charge in [-0.3, -0.25) is 4.79 Å². The van der Waals surface area contributed by atoms with Crippen molar-refractivity contribution in [3.63, 3.8) is 0 Å². The average Bonchev–Trinajstić information content (AvgIpc) is 3.08. The highest BCUT2D eigenvalue weighted by Gasteiger charge is 2.53. The second kappa shape index (κ2) is 4.39. The summed E-state index contributed by atoms with van der Waals surface area (Å²) in [6, 6.07) is 9.45. The lowest BCUT2D eigenvalue weighted by Crippen LogP contribution is -2.45. The van der Waals surface area contributed by atoms with E-state index in [2.05, 4.69) is 0 Å². The van der Waals surface area contributed by atoms with Crippen molar-refractivity contribution in [1.29, 1.82) is 0 Å². The molecule has 2 N–H and O–H groups in total. The third-order valence-corrected chi connectivity index (χ3v) is 3.39. The normalized spacial score (nSPS) is 19.1. The van der Waals surface area contributed by atoms with Crippen molar-refractivity contribution in [3.05, 3.63) is 35.9 Å². The first-order valence-corrected chi connectivity index (χ1v) is 6.39. The van der Waals surface area contributed by atoms with E-state index in [-0.39, 0.29) is 11.4 Å². The molecule has 1 unspecified atom stereocenters. The third kappa shape index (κ3) is 2.56. The molecule has 0 bridgehead atoms. The fourth-order valence-corrected chi connectivity index (χ4v) is 2.27. The number of carbonyl (C=O) groups is 1. The van der Waals surface area contributed by atoms with Crippen LogP contribution in [0.2, 0.25) is 0 Å². The van der Waals surface area contributed by atoms with Crippen LogP contribution in [0.4, 0.5) is 0 Å². The van der Waals surface area contributed by atoms with Crippen LogP contribution in [-0.4, -0.2) is 17.6 Å². The van der Waals surface area contributed by atoms with Gasteiger partial charge in [0.25, 0.3) is 0 Å². The zero-order chi connectivity index (χ0) is 13.4. The molecule has 1 atom stereocenters. The highest BCUT2D eigenvalue weighted by molar-refractivity contribution is 5.79. The summed E-state index contributed by atoms with van der Waals surface area (Å²) >= 11 is 0. The Hall–Kier alpha value is -1.35. The van der Waals surface area contributed by atoms with E-state index < -0.39 is 11.6 Å². The van der Waals surface area contributed by atoms with E-state index >= 15 is 0 Å². The molecule has 18 heavy (non-hydrogen) atoms. The molecule has 0 aliphatic heterocycles. The SMILES string of the molecule is CC(C)(C)OC(=O)C(N)C1(c2ccccc2)CC1. The van der Waals surface area contributed by atoms with Gasteiger partial charge >= 0.3 is 5.97 Å². The average molecular weight is 247 g/mol. The Balaban J connectivity index is 2.14. The van der Waals surface area contributed by atoms with Gasteiger partial charge in [-0.25, -0.2) is 0 Å². The Morgan fingerprint density at radius 3 is 2.28 bits per heavy atom. The largest absolute Gasteiger partial charge is 0.459 e. The monoisotopic (exact) mass is 247 g/mol. The zero-order valence-corrected chi connectivity index (χ0v) is 11.3. The molecule has 3 heteroatoms. The van der Waals surface area contributed by atoms with E-state index in [1.807, 2.05) is 51.1 Å². The highest BCUT2D eigenvalue weighted by atomic mass is 16.6. The van der Waals surface area contributed by atoms with E-state index in [4.69, 9.17) is 10.5 Å². The van der Waals surface area contributed by atoms with E-state index in [9.17, 15) is 4.79 Å². The van der Waals surface area contributed by atoms with Gasteiger partial charge in [0.2, 0.25) is 0 Å². The molecule has 0 aromatic heterocycles. The molecule has 2 rings (SSSR count). The maximum Gasteiger partial charge on any atom is 0.324 e. The number of hydrogen-bond donors (Lipinski definition) is 1. The molecule has 1 fully saturated rings. The van der Waals surface area contributed by atoms with Crippen LogP contribution in [0.5, 0.6) is 0 Å². The Morgan fingerprint density at radius 1 is 1.28 bits per heavy atom. The summed E-state index contributed by atoms with van der Waals surface area (Å²) in [5.74, 6) is -0.302. The van der Waals surface area contributed by atoms with Gasteiger partial charge in [0, 0.05) is 5.41 Å². The van der Waals surface area contributed by atoms with Crippen LogP contribution < -0.4 is 5.73 Å². The molecule has 1 aromatic rings. The van der Waals surface area contributed by atoms with Crippen molar-refractivity contribution in [2.75, 3.05) is 0 Å². The molecule has 0 radical (unpaired) electrons. The molecular formula is C15H21NO2. The summed E-state index contributed by atoms with van der Waals surface area (Å²) in [4.78, 5) is 12.1. The smallest absolute Gasteiger partial charge is 0.324 e. The molecule has 0 saturated heterocycles. The van der Waals surface area contributed by atoms with Crippen molar-refractivity contribution >= 4 is 5.97 Å². The maximum atomic E-state index is 12.1. The first-order valence-electron chi connectivity index (χ1n) is 6.39. The van der Waals surface area contributed by atoms with Gasteiger partial charge in [-0.2, -0.15) is 0 Å². The number of hydrogen-bond acceptors (Lipinski definition) is 3. The first-order chi connectivity index (χ1) is 8.35. The minimum atomic E-state index is -0.570. The summed E-state index contributed by atoms with van der Waals surface area (Å²) in [6.45, 7) is 5.58. The Bertz CT molecular complexity index is 430. The number of benzene rings is 1. The third-order valence-electron chi connectivity index (χ3n) is 3.39. The van der Waals surface area contributed by atoms with Crippen LogP contribution in [0.25, 0.3) is 0 Å². The Morgan fingerprint density at radius 2 is 1.83 bits per heavy atom. The van der Waals surface area contributed by atoms with Crippen molar-refractivity contribution in [3.8, 4) is 0 Å². The van der Waals surface area contributed by atoms with Gasteiger partial charge in [0.1, 0.15) is 11.6 Å². The molecule has 0 amide bonds. The fraction of sp³-hybridized carbons (Fsp3) is 0.533. The number of esters is 1. The molecule has 1 aromatic carbocycles. The first kappa shape index (κ1) is 13.1. The van der Waals surface area contributed by atoms with Crippen molar-refractivity contribution in [1.82, 2.24) is 0 Å². The lowest BCUT2D eigenvalue weighted by atomic mass is 9.88. The number of ether oxygens (including phenoxy) is 1. The quantitative estimate of drug-likeness (QED) is 0.834. The van der Waals surface area contributed by atoms with Crippen LogP contribution >= 0.6 is 0 Å². The summed E-state index contributed by atoms with van der Waals surface area (Å²) < 4.78 is 5.38. The second-order valence-corrected chi connectivity index (χ2v) is 6.03. The number of carbonyl (C=O) groups excluding carboxylic acids is 1. The predicted octanol–water partition coefficient (Wildman–Crippen LogP) is 2.39. The van der Waals surface area contributed by atoms with E-state index in [1.165, 1.54) is 0 Å². The van der Waals surface area contributed by atoms with E-state index in [0.717, 1.165) is 18.4 Å². The highest BCUT2D eigenvalue weighted by Crippen LogP contribution is 2.50. The second-order valence-electron chi connectivity index (χ2n) is 6.03. The van der Waals surface area contributed by atoms with Crippen LogP contribution in [0, 0.1) is 0 Å². The van der Waals surface area contributed by atoms with Gasteiger partial charge in [0.15, 0.2) is 0 Å². The van der Waals surface area contributed by atoms with Crippen LogP contribution in [0.1, 0.15) is 39.2 Å². The van der Waals surface area contributed by atoms with Gasteiger partial charge < -0.3 is 10.5 Å². The summed E-state index contributed by atoms with van der Waals surface area (Å²) in [5, 5.41) is 0. The number of nitrogens with two attached hydrogens (primary N) is 1. The Labute approximate surface area is 108 Å². The maximum absolute atomic E-state index is 12.1. The van der Waals surface area contributed by atoms with Crippen molar-refractivity contribution in [2.24, 2.45) is 5.73 Å². The molecule has 98 valence electrons. The minimum absolute atomic E-state index is 0.205. The lowest BCUT2D eigenvalue weighted by molar-refractivity contribution is -0.157. The minimum Gasteiger partial charge on any atom is -0.459 e. The van der Waals surface area contributed by atoms with Crippen LogP contribution in [0.15, 0.2) is 30.3 Å². The van der Waals surface area contributed by atoms with Gasteiger partial charge in [0.05, 0.1) is 0 Å². The zero-order valence-electron chi connectivity index (χ0n) is 11.3. The van der Waals surface area contributed by atoms with Crippen LogP contribution in [0.3, 0.4) is 0 Å². The molecule has 3 nitrogen and oxygen atoms in total. The topological polar surface area (TPSA) is 52.3 Å².